The number of thiophene rings is 1. The van der Waals surface area contributed by atoms with Gasteiger partial charge in [-0.3, -0.25) is 4.98 Å². The molecule has 0 amide bonds. The Morgan fingerprint density at radius 3 is 2.39 bits per heavy atom. The Labute approximate surface area is 274 Å². The van der Waals surface area contributed by atoms with Gasteiger partial charge in [-0.25, -0.2) is 0 Å². The maximum absolute atomic E-state index is 4.98. The number of benzene rings is 5. The lowest BCUT2D eigenvalue weighted by molar-refractivity contribution is 0.590. The van der Waals surface area contributed by atoms with Crippen LogP contribution in [0.2, 0.25) is 0 Å². The summed E-state index contributed by atoms with van der Waals surface area (Å²) in [5.41, 5.74) is 11.6. The van der Waals surface area contributed by atoms with Crippen LogP contribution in [0.5, 0.6) is 0 Å². The highest BCUT2D eigenvalue weighted by atomic mass is 32.1. The topological polar surface area (TPSA) is 28.2 Å². The van der Waals surface area contributed by atoms with Crippen molar-refractivity contribution in [3.63, 3.8) is 0 Å². The Balaban J connectivity index is 1.31. The van der Waals surface area contributed by atoms with E-state index in [1.165, 1.54) is 94.4 Å². The van der Waals surface area contributed by atoms with Crippen LogP contribution >= 0.6 is 11.3 Å². The molecule has 7 aromatic rings. The number of rotatable bonds is 3. The third-order valence-corrected chi connectivity index (χ3v) is 11.4. The second kappa shape index (κ2) is 10.4. The molecule has 5 aromatic carbocycles. The molecule has 0 bridgehead atoms. The molecule has 4 heteroatoms. The average Bonchev–Trinajstić information content (AvgIpc) is 3.67. The number of anilines is 3. The Kier molecular flexibility index (Phi) is 6.27. The van der Waals surface area contributed by atoms with Gasteiger partial charge in [-0.15, -0.1) is 11.3 Å². The highest BCUT2D eigenvalue weighted by Gasteiger charge is 2.36. The molecule has 2 aliphatic rings. The summed E-state index contributed by atoms with van der Waals surface area (Å²) in [6, 6.07) is 38.2. The standard InChI is InChI=1S/C42H37N3S/c1-42(2,3)28-21-23-36(33(24-28)26-12-5-4-6-13-26)45-37-22-20-27-14-7-8-15-29(27)38(37)44-41(45)32-18-11-17-30-34-25-43-35-19-10-9-16-31(35)40(34)46-39(30)32/h4-8,11-15,17-18,20-25,41,44H,9-10,16,19H2,1-3H3. The van der Waals surface area contributed by atoms with Gasteiger partial charge in [-0.1, -0.05) is 106 Å². The maximum atomic E-state index is 4.98. The van der Waals surface area contributed by atoms with Crippen molar-refractivity contribution in [2.75, 3.05) is 10.2 Å². The Morgan fingerprint density at radius 1 is 0.739 bits per heavy atom. The zero-order valence-electron chi connectivity index (χ0n) is 26.6. The molecule has 46 heavy (non-hydrogen) atoms. The molecule has 1 atom stereocenters. The van der Waals surface area contributed by atoms with Crippen LogP contribution in [0.4, 0.5) is 17.1 Å². The number of nitrogens with one attached hydrogen (secondary N) is 1. The van der Waals surface area contributed by atoms with Crippen molar-refractivity contribution >= 4 is 59.3 Å². The predicted octanol–water partition coefficient (Wildman–Crippen LogP) is 11.7. The molecule has 1 aliphatic carbocycles. The average molecular weight is 616 g/mol. The quantitative estimate of drug-likeness (QED) is 0.214. The molecular formula is C42H37N3S. The summed E-state index contributed by atoms with van der Waals surface area (Å²) in [4.78, 5) is 7.54. The molecule has 3 heterocycles. The first-order chi connectivity index (χ1) is 22.5. The lowest BCUT2D eigenvalue weighted by Crippen LogP contribution is -2.24. The molecule has 226 valence electrons. The van der Waals surface area contributed by atoms with Crippen LogP contribution in [0, 0.1) is 0 Å². The fourth-order valence-electron chi connectivity index (χ4n) is 7.65. The smallest absolute Gasteiger partial charge is 0.132 e. The van der Waals surface area contributed by atoms with Gasteiger partial charge < -0.3 is 10.2 Å². The molecule has 1 aliphatic heterocycles. The van der Waals surface area contributed by atoms with Gasteiger partial charge >= 0.3 is 0 Å². The SMILES string of the molecule is CC(C)(C)c1ccc(N2c3ccc4ccccc4c3NC2c2cccc3c2sc2c4c(ncc23)CCCC4)c(-c2ccccc2)c1. The van der Waals surface area contributed by atoms with E-state index in [1.54, 1.807) is 0 Å². The molecule has 3 nitrogen and oxygen atoms in total. The van der Waals surface area contributed by atoms with E-state index in [0.29, 0.717) is 0 Å². The number of hydrogen-bond donors (Lipinski definition) is 1. The zero-order valence-corrected chi connectivity index (χ0v) is 27.4. The number of fused-ring (bicyclic) bond motifs is 8. The van der Waals surface area contributed by atoms with E-state index in [0.717, 1.165) is 12.8 Å². The predicted molar refractivity (Wildman–Crippen MR) is 197 cm³/mol. The van der Waals surface area contributed by atoms with Crippen LogP contribution in [-0.2, 0) is 18.3 Å². The molecule has 0 saturated heterocycles. The number of nitrogens with zero attached hydrogens (tertiary/aromatic N) is 2. The first kappa shape index (κ1) is 27.6. The lowest BCUT2D eigenvalue weighted by atomic mass is 9.84. The van der Waals surface area contributed by atoms with Crippen molar-refractivity contribution < 1.29 is 0 Å². The van der Waals surface area contributed by atoms with Gasteiger partial charge in [-0.2, -0.15) is 0 Å². The molecule has 0 spiro atoms. The van der Waals surface area contributed by atoms with Crippen LogP contribution in [0.3, 0.4) is 0 Å². The van der Waals surface area contributed by atoms with Crippen molar-refractivity contribution in [3.8, 4) is 11.1 Å². The second-order valence-electron chi connectivity index (χ2n) is 13.9. The molecule has 1 N–H and O–H groups in total. The first-order valence-corrected chi connectivity index (χ1v) is 17.4. The van der Waals surface area contributed by atoms with Crippen LogP contribution in [0.1, 0.15) is 62.2 Å². The van der Waals surface area contributed by atoms with E-state index in [2.05, 4.69) is 140 Å². The van der Waals surface area contributed by atoms with Gasteiger partial charge in [0.25, 0.3) is 0 Å². The second-order valence-corrected chi connectivity index (χ2v) is 14.9. The first-order valence-electron chi connectivity index (χ1n) is 16.5. The highest BCUT2D eigenvalue weighted by molar-refractivity contribution is 7.26. The van der Waals surface area contributed by atoms with Crippen molar-refractivity contribution in [2.45, 2.75) is 58.0 Å². The van der Waals surface area contributed by atoms with Crippen molar-refractivity contribution in [2.24, 2.45) is 0 Å². The normalized spacial score (nSPS) is 16.2. The molecule has 0 radical (unpaired) electrons. The third-order valence-electron chi connectivity index (χ3n) is 10.1. The van der Waals surface area contributed by atoms with Gasteiger partial charge in [0.05, 0.1) is 17.1 Å². The minimum atomic E-state index is -0.0793. The summed E-state index contributed by atoms with van der Waals surface area (Å²) in [5.74, 6) is 0. The molecular weight excluding hydrogens is 579 g/mol. The van der Waals surface area contributed by atoms with Crippen LogP contribution in [-0.4, -0.2) is 4.98 Å². The summed E-state index contributed by atoms with van der Waals surface area (Å²) >= 11 is 1.97. The monoisotopic (exact) mass is 615 g/mol. The molecule has 2 aromatic heterocycles. The fraction of sp³-hybridized carbons (Fsp3) is 0.214. The van der Waals surface area contributed by atoms with Gasteiger partial charge in [0.2, 0.25) is 0 Å². The Morgan fingerprint density at radius 2 is 1.52 bits per heavy atom. The van der Waals surface area contributed by atoms with Crippen molar-refractivity contribution in [1.82, 2.24) is 4.98 Å². The summed E-state index contributed by atoms with van der Waals surface area (Å²) < 4.78 is 2.78. The minimum Gasteiger partial charge on any atom is -0.359 e. The van der Waals surface area contributed by atoms with Crippen LogP contribution in [0.15, 0.2) is 109 Å². The third kappa shape index (κ3) is 4.27. The minimum absolute atomic E-state index is 0.0364. The molecule has 9 rings (SSSR count). The number of pyridine rings is 1. The summed E-state index contributed by atoms with van der Waals surface area (Å²) in [6.07, 6.45) is 6.79. The summed E-state index contributed by atoms with van der Waals surface area (Å²) in [5, 5.41) is 9.19. The fourth-order valence-corrected chi connectivity index (χ4v) is 9.05. The number of aryl methyl sites for hydroxylation is 2. The van der Waals surface area contributed by atoms with E-state index in [-0.39, 0.29) is 11.6 Å². The van der Waals surface area contributed by atoms with Gasteiger partial charge in [0.1, 0.15) is 6.17 Å². The van der Waals surface area contributed by atoms with E-state index in [4.69, 9.17) is 4.98 Å². The van der Waals surface area contributed by atoms with E-state index in [1.807, 2.05) is 11.3 Å². The summed E-state index contributed by atoms with van der Waals surface area (Å²) in [7, 11) is 0. The van der Waals surface area contributed by atoms with Crippen molar-refractivity contribution in [1.29, 1.82) is 0 Å². The van der Waals surface area contributed by atoms with E-state index in [9.17, 15) is 0 Å². The summed E-state index contributed by atoms with van der Waals surface area (Å²) in [6.45, 7) is 6.90. The maximum Gasteiger partial charge on any atom is 0.132 e. The molecule has 1 unspecified atom stereocenters. The van der Waals surface area contributed by atoms with Gasteiger partial charge in [-0.05, 0) is 71.4 Å². The number of hydrogen-bond acceptors (Lipinski definition) is 4. The van der Waals surface area contributed by atoms with Crippen LogP contribution < -0.4 is 10.2 Å². The molecule has 0 fully saturated rings. The zero-order chi connectivity index (χ0) is 31.0. The largest absolute Gasteiger partial charge is 0.359 e. The lowest BCUT2D eigenvalue weighted by Gasteiger charge is -2.31. The van der Waals surface area contributed by atoms with Crippen LogP contribution in [0.25, 0.3) is 42.1 Å². The Hall–Kier alpha value is -4.67. The van der Waals surface area contributed by atoms with Crippen molar-refractivity contribution in [3.05, 3.63) is 132 Å². The molecule has 0 saturated carbocycles. The number of aromatic nitrogens is 1. The van der Waals surface area contributed by atoms with Gasteiger partial charge in [0, 0.05) is 48.6 Å². The highest BCUT2D eigenvalue weighted by Crippen LogP contribution is 2.53. The van der Waals surface area contributed by atoms with Gasteiger partial charge in [0.15, 0.2) is 0 Å². The van der Waals surface area contributed by atoms with E-state index >= 15 is 0 Å². The van der Waals surface area contributed by atoms with E-state index < -0.39 is 0 Å². The Bertz CT molecular complexity index is 2290.